The summed E-state index contributed by atoms with van der Waals surface area (Å²) in [6.07, 6.45) is 1.87. The summed E-state index contributed by atoms with van der Waals surface area (Å²) in [5.41, 5.74) is 0. The Kier molecular flexibility index (Phi) is 4.75. The highest BCUT2D eigenvalue weighted by Gasteiger charge is 2.06. The fourth-order valence-corrected chi connectivity index (χ4v) is 1.48. The molecule has 0 saturated heterocycles. The molecule has 0 spiro atoms. The zero-order chi connectivity index (χ0) is 11.3. The van der Waals surface area contributed by atoms with Gasteiger partial charge in [0.2, 0.25) is 0 Å². The van der Waals surface area contributed by atoms with E-state index in [0.717, 1.165) is 37.6 Å². The van der Waals surface area contributed by atoms with Gasteiger partial charge >= 0.3 is 0 Å². The van der Waals surface area contributed by atoms with Crippen LogP contribution in [-0.2, 0) is 19.4 Å². The van der Waals surface area contributed by atoms with Gasteiger partial charge in [0.25, 0.3) is 0 Å². The molecule has 0 aromatic carbocycles. The van der Waals surface area contributed by atoms with Gasteiger partial charge in [0, 0.05) is 25.4 Å². The Hall–Kier alpha value is -0.900. The van der Waals surface area contributed by atoms with Crippen molar-refractivity contribution in [3.8, 4) is 0 Å². The molecule has 0 aliphatic rings. The van der Waals surface area contributed by atoms with E-state index >= 15 is 0 Å². The maximum absolute atomic E-state index is 4.47. The smallest absolute Gasteiger partial charge is 0.150 e. The Bertz CT molecular complexity index is 291. The highest BCUT2D eigenvalue weighted by molar-refractivity contribution is 4.92. The van der Waals surface area contributed by atoms with Crippen molar-refractivity contribution in [2.45, 2.75) is 53.1 Å². The van der Waals surface area contributed by atoms with Crippen molar-refractivity contribution in [2.24, 2.45) is 0 Å². The van der Waals surface area contributed by atoms with Crippen molar-refractivity contribution in [1.29, 1.82) is 0 Å². The fraction of sp³-hybridized carbons (Fsp3) is 0.818. The first kappa shape index (κ1) is 12.2. The van der Waals surface area contributed by atoms with Gasteiger partial charge < -0.3 is 5.32 Å². The molecule has 1 heterocycles. The Labute approximate surface area is 92.1 Å². The number of rotatable bonds is 6. The molecule has 0 unspecified atom stereocenters. The van der Waals surface area contributed by atoms with E-state index in [4.69, 9.17) is 0 Å². The topological polar surface area (TPSA) is 42.7 Å². The largest absolute Gasteiger partial charge is 0.313 e. The zero-order valence-corrected chi connectivity index (χ0v) is 10.2. The lowest BCUT2D eigenvalue weighted by atomic mass is 10.4. The predicted molar refractivity (Wildman–Crippen MR) is 61.9 cm³/mol. The maximum Gasteiger partial charge on any atom is 0.150 e. The van der Waals surface area contributed by atoms with E-state index < -0.39 is 0 Å². The molecule has 1 aromatic heterocycles. The average molecular weight is 210 g/mol. The maximum atomic E-state index is 4.47. The van der Waals surface area contributed by atoms with Crippen LogP contribution in [0, 0.1) is 0 Å². The minimum Gasteiger partial charge on any atom is -0.313 e. The summed E-state index contributed by atoms with van der Waals surface area (Å²) in [5.74, 6) is 2.05. The quantitative estimate of drug-likeness (QED) is 0.772. The number of hydrogen-bond donors (Lipinski definition) is 1. The van der Waals surface area contributed by atoms with Crippen LogP contribution in [0.25, 0.3) is 0 Å². The lowest BCUT2D eigenvalue weighted by molar-refractivity contribution is 0.501. The first-order valence-electron chi connectivity index (χ1n) is 5.83. The molecule has 0 aliphatic heterocycles. The van der Waals surface area contributed by atoms with E-state index in [1.54, 1.807) is 0 Å². The SMILES string of the molecule is CCc1nc(CC)n(CCNC(C)C)n1. The van der Waals surface area contributed by atoms with E-state index in [2.05, 4.69) is 43.1 Å². The van der Waals surface area contributed by atoms with E-state index in [0.29, 0.717) is 6.04 Å². The summed E-state index contributed by atoms with van der Waals surface area (Å²) in [7, 11) is 0. The minimum absolute atomic E-state index is 0.532. The van der Waals surface area contributed by atoms with Crippen molar-refractivity contribution in [3.05, 3.63) is 11.6 Å². The molecular formula is C11H22N4. The zero-order valence-electron chi connectivity index (χ0n) is 10.2. The third kappa shape index (κ3) is 3.63. The Morgan fingerprint density at radius 3 is 2.53 bits per heavy atom. The van der Waals surface area contributed by atoms with Gasteiger partial charge in [-0.15, -0.1) is 0 Å². The van der Waals surface area contributed by atoms with Gasteiger partial charge in [-0.25, -0.2) is 9.67 Å². The van der Waals surface area contributed by atoms with E-state index in [-0.39, 0.29) is 0 Å². The second kappa shape index (κ2) is 5.85. The number of aromatic nitrogens is 3. The third-order valence-electron chi connectivity index (χ3n) is 2.30. The molecule has 0 atom stereocenters. The van der Waals surface area contributed by atoms with E-state index in [9.17, 15) is 0 Å². The summed E-state index contributed by atoms with van der Waals surface area (Å²) in [6, 6.07) is 0.532. The minimum atomic E-state index is 0.532. The molecule has 0 bridgehead atoms. The van der Waals surface area contributed by atoms with Crippen LogP contribution in [0.4, 0.5) is 0 Å². The lowest BCUT2D eigenvalue weighted by Crippen LogP contribution is -2.27. The first-order chi connectivity index (χ1) is 7.17. The van der Waals surface area contributed by atoms with Gasteiger partial charge in [0.1, 0.15) is 5.82 Å². The molecule has 4 heteroatoms. The molecule has 4 nitrogen and oxygen atoms in total. The normalized spacial score (nSPS) is 11.3. The van der Waals surface area contributed by atoms with Crippen LogP contribution in [0.2, 0.25) is 0 Å². The first-order valence-corrected chi connectivity index (χ1v) is 5.83. The van der Waals surface area contributed by atoms with Crippen molar-refractivity contribution >= 4 is 0 Å². The van der Waals surface area contributed by atoms with Crippen molar-refractivity contribution in [1.82, 2.24) is 20.1 Å². The molecule has 0 fully saturated rings. The lowest BCUT2D eigenvalue weighted by Gasteiger charge is -2.08. The molecule has 1 N–H and O–H groups in total. The van der Waals surface area contributed by atoms with Crippen LogP contribution in [0.15, 0.2) is 0 Å². The van der Waals surface area contributed by atoms with Crippen molar-refractivity contribution in [2.75, 3.05) is 6.54 Å². The summed E-state index contributed by atoms with van der Waals surface area (Å²) in [4.78, 5) is 4.47. The summed E-state index contributed by atoms with van der Waals surface area (Å²) >= 11 is 0. The second-order valence-electron chi connectivity index (χ2n) is 3.98. The van der Waals surface area contributed by atoms with Crippen LogP contribution >= 0.6 is 0 Å². The molecule has 1 rings (SSSR count). The van der Waals surface area contributed by atoms with Gasteiger partial charge in [-0.1, -0.05) is 27.7 Å². The number of nitrogens with one attached hydrogen (secondary N) is 1. The monoisotopic (exact) mass is 210 g/mol. The number of hydrogen-bond acceptors (Lipinski definition) is 3. The highest BCUT2D eigenvalue weighted by atomic mass is 15.3. The van der Waals surface area contributed by atoms with Gasteiger partial charge in [0.05, 0.1) is 6.54 Å². The Morgan fingerprint density at radius 1 is 1.27 bits per heavy atom. The van der Waals surface area contributed by atoms with Crippen molar-refractivity contribution in [3.63, 3.8) is 0 Å². The van der Waals surface area contributed by atoms with Crippen LogP contribution in [-0.4, -0.2) is 27.4 Å². The van der Waals surface area contributed by atoms with Gasteiger partial charge in [-0.2, -0.15) is 5.10 Å². The standard InChI is InChI=1S/C11H22N4/c1-5-10-13-11(6-2)15(14-10)8-7-12-9(3)4/h9,12H,5-8H2,1-4H3. The fourth-order valence-electron chi connectivity index (χ4n) is 1.48. The molecule has 0 aliphatic carbocycles. The molecule has 0 amide bonds. The number of aryl methyl sites for hydroxylation is 2. The average Bonchev–Trinajstić information content (AvgIpc) is 2.60. The van der Waals surface area contributed by atoms with Gasteiger partial charge in [-0.05, 0) is 0 Å². The molecule has 15 heavy (non-hydrogen) atoms. The van der Waals surface area contributed by atoms with Crippen LogP contribution < -0.4 is 5.32 Å². The van der Waals surface area contributed by atoms with Gasteiger partial charge in [0.15, 0.2) is 5.82 Å². The predicted octanol–water partition coefficient (Wildman–Crippen LogP) is 1.40. The highest BCUT2D eigenvalue weighted by Crippen LogP contribution is 2.00. The molecule has 0 saturated carbocycles. The van der Waals surface area contributed by atoms with Crippen molar-refractivity contribution < 1.29 is 0 Å². The van der Waals surface area contributed by atoms with Gasteiger partial charge in [-0.3, -0.25) is 0 Å². The summed E-state index contributed by atoms with van der Waals surface area (Å²) in [6.45, 7) is 10.4. The van der Waals surface area contributed by atoms with Crippen LogP contribution in [0.1, 0.15) is 39.3 Å². The molecule has 0 radical (unpaired) electrons. The molecule has 1 aromatic rings. The Morgan fingerprint density at radius 2 is 2.00 bits per heavy atom. The van der Waals surface area contributed by atoms with E-state index in [1.807, 2.05) is 4.68 Å². The third-order valence-corrected chi connectivity index (χ3v) is 2.30. The summed E-state index contributed by atoms with van der Waals surface area (Å²) in [5, 5.41) is 7.85. The second-order valence-corrected chi connectivity index (χ2v) is 3.98. The Balaban J connectivity index is 2.54. The van der Waals surface area contributed by atoms with E-state index in [1.165, 1.54) is 0 Å². The number of nitrogens with zero attached hydrogens (tertiary/aromatic N) is 3. The molecule has 86 valence electrons. The molecular weight excluding hydrogens is 188 g/mol. The summed E-state index contributed by atoms with van der Waals surface area (Å²) < 4.78 is 2.02. The van der Waals surface area contributed by atoms with Crippen LogP contribution in [0.3, 0.4) is 0 Å². The van der Waals surface area contributed by atoms with Crippen LogP contribution in [0.5, 0.6) is 0 Å².